The molecule has 0 aliphatic carbocycles. The molecule has 13 nitrogen and oxygen atoms in total. The number of unbranched alkanes of at least 4 members (excludes halogenated alkanes) is 2. The summed E-state index contributed by atoms with van der Waals surface area (Å²) in [4.78, 5) is 75.8. The number of halogens is 1. The van der Waals surface area contributed by atoms with E-state index in [1.54, 1.807) is 13.8 Å². The molecule has 3 aromatic rings. The molecular formula is C33H41FN3O10P. The minimum atomic E-state index is -4.62. The predicted octanol–water partition coefficient (Wildman–Crippen LogP) is 4.60. The monoisotopic (exact) mass is 689 g/mol. The minimum Gasteiger partial charge on any atom is -0.494 e. The molecule has 3 amide bonds. The van der Waals surface area contributed by atoms with Crippen molar-refractivity contribution < 1.29 is 51.9 Å². The zero-order chi connectivity index (χ0) is 35.4. The van der Waals surface area contributed by atoms with E-state index < -0.39 is 43.2 Å². The normalized spacial score (nSPS) is 12.5. The van der Waals surface area contributed by atoms with E-state index in [2.05, 4.69) is 10.6 Å². The van der Waals surface area contributed by atoms with E-state index in [1.807, 2.05) is 6.92 Å². The third-order valence-electron chi connectivity index (χ3n) is 7.55. The van der Waals surface area contributed by atoms with Crippen molar-refractivity contribution in [3.8, 4) is 17.1 Å². The van der Waals surface area contributed by atoms with Gasteiger partial charge in [-0.2, -0.15) is 5.06 Å². The van der Waals surface area contributed by atoms with E-state index in [0.717, 1.165) is 24.0 Å². The third kappa shape index (κ3) is 9.99. The van der Waals surface area contributed by atoms with Gasteiger partial charge in [-0.05, 0) is 68.7 Å². The zero-order valence-electron chi connectivity index (χ0n) is 27.2. The molecule has 4 N–H and O–H groups in total. The lowest BCUT2D eigenvalue weighted by atomic mass is 9.90. The van der Waals surface area contributed by atoms with Gasteiger partial charge >= 0.3 is 13.6 Å². The Kier molecular flexibility index (Phi) is 13.9. The fraction of sp³-hybridized carbons (Fsp3) is 0.394. The van der Waals surface area contributed by atoms with E-state index >= 15 is 0 Å². The number of hydrogen-bond acceptors (Lipinski definition) is 8. The van der Waals surface area contributed by atoms with Crippen molar-refractivity contribution >= 4 is 37.1 Å². The Balaban J connectivity index is 1.71. The Labute approximate surface area is 277 Å². The molecule has 0 radical (unpaired) electrons. The molecule has 0 bridgehead atoms. The highest BCUT2D eigenvalue weighted by atomic mass is 31.2. The van der Waals surface area contributed by atoms with Crippen molar-refractivity contribution in [2.75, 3.05) is 13.3 Å². The molecular weight excluding hydrogens is 648 g/mol. The van der Waals surface area contributed by atoms with Crippen LogP contribution in [0.1, 0.15) is 79.4 Å². The summed E-state index contributed by atoms with van der Waals surface area (Å²) in [5.74, 6) is -3.69. The van der Waals surface area contributed by atoms with E-state index in [9.17, 15) is 37.9 Å². The Bertz CT molecular complexity index is 1620. The molecule has 2 aromatic carbocycles. The van der Waals surface area contributed by atoms with E-state index in [1.165, 1.54) is 49.4 Å². The van der Waals surface area contributed by atoms with Gasteiger partial charge in [-0.15, -0.1) is 0 Å². The molecule has 0 saturated heterocycles. The van der Waals surface area contributed by atoms with Crippen LogP contribution in [0.15, 0.2) is 52.9 Å². The van der Waals surface area contributed by atoms with E-state index in [0.29, 0.717) is 18.4 Å². The number of hydrogen-bond donors (Lipinski definition) is 4. The van der Waals surface area contributed by atoms with Crippen molar-refractivity contribution in [2.24, 2.45) is 5.92 Å². The van der Waals surface area contributed by atoms with Crippen molar-refractivity contribution in [1.29, 1.82) is 0 Å². The standard InChI is InChI=1S/C33H41FN3O10P/c1-5-8-9-12-25(27(6-2)37(20-38)47-33(41)30-21(4)11-10-13-26(30)34)31(39)35-19-36-32(40)29-15-14-28(46-29)22-16-23(45-7-3)18-24(17-22)48(42,43)44/h10-11,13-18,20,25,27H,5-9,12,19H2,1-4H3,(H,35,39)(H,36,40)(H2,42,43,44)/t25?,27-/m1/s1. The number of aryl methyl sites for hydroxylation is 1. The summed E-state index contributed by atoms with van der Waals surface area (Å²) in [5.41, 5.74) is 0.275. The van der Waals surface area contributed by atoms with Crippen LogP contribution in [0.3, 0.4) is 0 Å². The van der Waals surface area contributed by atoms with Crippen LogP contribution in [0.4, 0.5) is 4.39 Å². The van der Waals surface area contributed by atoms with Gasteiger partial charge in [0.2, 0.25) is 12.3 Å². The van der Waals surface area contributed by atoms with Gasteiger partial charge in [0.25, 0.3) is 5.91 Å². The second-order valence-corrected chi connectivity index (χ2v) is 12.5. The largest absolute Gasteiger partial charge is 0.494 e. The Morgan fingerprint density at radius 2 is 1.81 bits per heavy atom. The van der Waals surface area contributed by atoms with Gasteiger partial charge in [-0.25, -0.2) is 9.18 Å². The summed E-state index contributed by atoms with van der Waals surface area (Å²) in [5, 5.41) is 5.62. The van der Waals surface area contributed by atoms with Gasteiger partial charge < -0.3 is 34.4 Å². The molecule has 260 valence electrons. The summed E-state index contributed by atoms with van der Waals surface area (Å²) in [6.07, 6.45) is 3.14. The van der Waals surface area contributed by atoms with Crippen molar-refractivity contribution in [3.05, 3.63) is 71.2 Å². The summed E-state index contributed by atoms with van der Waals surface area (Å²) in [6, 6.07) is 10.0. The number of ether oxygens (including phenoxy) is 1. The Morgan fingerprint density at radius 3 is 2.44 bits per heavy atom. The lowest BCUT2D eigenvalue weighted by molar-refractivity contribution is -0.171. The lowest BCUT2D eigenvalue weighted by Gasteiger charge is -2.32. The van der Waals surface area contributed by atoms with Crippen LogP contribution in [0, 0.1) is 18.7 Å². The molecule has 1 aromatic heterocycles. The maximum absolute atomic E-state index is 14.4. The predicted molar refractivity (Wildman–Crippen MR) is 174 cm³/mol. The summed E-state index contributed by atoms with van der Waals surface area (Å²) in [6.45, 7) is 6.90. The van der Waals surface area contributed by atoms with Crippen molar-refractivity contribution in [3.63, 3.8) is 0 Å². The molecule has 0 aliphatic heterocycles. The van der Waals surface area contributed by atoms with Gasteiger partial charge in [0, 0.05) is 5.56 Å². The topological polar surface area (TPSA) is 185 Å². The number of carbonyl (C=O) groups excluding carboxylic acids is 4. The fourth-order valence-corrected chi connectivity index (χ4v) is 5.74. The summed E-state index contributed by atoms with van der Waals surface area (Å²) >= 11 is 0. The number of hydroxylamine groups is 2. The number of benzene rings is 2. The van der Waals surface area contributed by atoms with Crippen LogP contribution in [0.25, 0.3) is 11.3 Å². The van der Waals surface area contributed by atoms with Crippen LogP contribution in [-0.2, 0) is 19.0 Å². The van der Waals surface area contributed by atoms with Crippen LogP contribution < -0.4 is 20.7 Å². The van der Waals surface area contributed by atoms with Crippen LogP contribution >= 0.6 is 7.60 Å². The highest BCUT2D eigenvalue weighted by molar-refractivity contribution is 7.60. The first-order valence-corrected chi connectivity index (χ1v) is 17.2. The van der Waals surface area contributed by atoms with Crippen molar-refractivity contribution in [1.82, 2.24) is 15.7 Å². The lowest BCUT2D eigenvalue weighted by Crippen LogP contribution is -2.49. The number of nitrogens with zero attached hydrogens (tertiary/aromatic N) is 1. The second-order valence-electron chi connectivity index (χ2n) is 10.9. The molecule has 0 aliphatic rings. The average Bonchev–Trinajstić information content (AvgIpc) is 3.54. The van der Waals surface area contributed by atoms with Crippen LogP contribution in [0.5, 0.6) is 5.75 Å². The molecule has 0 saturated carbocycles. The first-order valence-electron chi connectivity index (χ1n) is 15.6. The van der Waals surface area contributed by atoms with Gasteiger partial charge in [0.05, 0.1) is 30.5 Å². The summed E-state index contributed by atoms with van der Waals surface area (Å²) < 4.78 is 37.3. The minimum absolute atomic E-state index is 0.132. The van der Waals surface area contributed by atoms with Crippen molar-refractivity contribution in [2.45, 2.75) is 65.8 Å². The fourth-order valence-electron chi connectivity index (χ4n) is 5.14. The van der Waals surface area contributed by atoms with Gasteiger partial charge in [-0.3, -0.25) is 18.9 Å². The van der Waals surface area contributed by atoms with E-state index in [-0.39, 0.29) is 59.8 Å². The number of carbonyl (C=O) groups is 4. The Hall–Kier alpha value is -4.52. The third-order valence-corrected chi connectivity index (χ3v) is 8.48. The molecule has 3 rings (SSSR count). The number of amides is 3. The smallest absolute Gasteiger partial charge is 0.366 e. The SMILES string of the molecule is CCCCCC(C(=O)NCNC(=O)c1ccc(-c2cc(OCC)cc(P(=O)(O)O)c2)o1)[C@@H](CC)N(C=O)OC(=O)c1c(C)cccc1F. The number of rotatable bonds is 18. The first-order chi connectivity index (χ1) is 22.8. The second kappa shape index (κ2) is 17.6. The van der Waals surface area contributed by atoms with Crippen LogP contribution in [-0.4, -0.2) is 58.4 Å². The first kappa shape index (κ1) is 37.9. The molecule has 0 spiro atoms. The maximum atomic E-state index is 14.4. The van der Waals surface area contributed by atoms with Gasteiger partial charge in [-0.1, -0.05) is 45.2 Å². The number of nitrogens with one attached hydrogen (secondary N) is 2. The maximum Gasteiger partial charge on any atom is 0.366 e. The zero-order valence-corrected chi connectivity index (χ0v) is 28.1. The average molecular weight is 690 g/mol. The highest BCUT2D eigenvalue weighted by Gasteiger charge is 2.34. The van der Waals surface area contributed by atoms with Gasteiger partial charge in [0.1, 0.15) is 22.9 Å². The molecule has 15 heteroatoms. The number of furan rings is 1. The van der Waals surface area contributed by atoms with E-state index in [4.69, 9.17) is 14.0 Å². The highest BCUT2D eigenvalue weighted by Crippen LogP contribution is 2.37. The molecule has 1 unspecified atom stereocenters. The molecule has 48 heavy (non-hydrogen) atoms. The van der Waals surface area contributed by atoms with Crippen LogP contribution in [0.2, 0.25) is 0 Å². The molecule has 0 fully saturated rings. The Morgan fingerprint density at radius 1 is 1.06 bits per heavy atom. The molecule has 2 atom stereocenters. The quantitative estimate of drug-likeness (QED) is 0.0484. The molecule has 1 heterocycles. The summed E-state index contributed by atoms with van der Waals surface area (Å²) in [7, 11) is -4.62. The van der Waals surface area contributed by atoms with Gasteiger partial charge in [0.15, 0.2) is 5.76 Å².